The van der Waals surface area contributed by atoms with Gasteiger partial charge in [-0.15, -0.1) is 0 Å². The van der Waals surface area contributed by atoms with Gasteiger partial charge in [-0.2, -0.15) is 0 Å². The summed E-state index contributed by atoms with van der Waals surface area (Å²) in [6, 6.07) is -0.760. The van der Waals surface area contributed by atoms with Gasteiger partial charge in [-0.1, -0.05) is 299 Å². The molecule has 0 saturated heterocycles. The highest BCUT2D eigenvalue weighted by molar-refractivity contribution is 7.47. The number of rotatable bonds is 59. The molecule has 8 nitrogen and oxygen atoms in total. The number of aliphatic hydroxyl groups is 1. The second kappa shape index (κ2) is 57.6. The van der Waals surface area contributed by atoms with Crippen molar-refractivity contribution in [3.63, 3.8) is 0 Å². The van der Waals surface area contributed by atoms with E-state index in [0.717, 1.165) is 77.0 Å². The normalized spacial score (nSPS) is 14.2. The van der Waals surface area contributed by atoms with Crippen LogP contribution in [-0.4, -0.2) is 73.4 Å². The van der Waals surface area contributed by atoms with Gasteiger partial charge >= 0.3 is 7.82 Å². The lowest BCUT2D eigenvalue weighted by Gasteiger charge is -2.26. The Balaban J connectivity index is 3.87. The first-order chi connectivity index (χ1) is 37.0. The molecule has 3 N–H and O–H groups in total. The first-order valence-corrected chi connectivity index (χ1v) is 33.8. The quantitative estimate of drug-likeness (QED) is 0.0243. The molecule has 0 aliphatic heterocycles. The molecule has 0 aliphatic rings. The second-order valence-corrected chi connectivity index (χ2v) is 24.6. The summed E-state index contributed by atoms with van der Waals surface area (Å²) in [4.78, 5) is 23.3. The van der Waals surface area contributed by atoms with E-state index >= 15 is 0 Å². The third-order valence-electron chi connectivity index (χ3n) is 14.5. The summed E-state index contributed by atoms with van der Waals surface area (Å²) in [6.45, 7) is 4.79. The topological polar surface area (TPSA) is 105 Å². The number of carbonyl (C=O) groups excluding carboxylic acids is 1. The molecule has 0 fully saturated rings. The molecule has 3 atom stereocenters. The van der Waals surface area contributed by atoms with E-state index in [4.69, 9.17) is 9.05 Å². The second-order valence-electron chi connectivity index (χ2n) is 23.1. The van der Waals surface area contributed by atoms with E-state index < -0.39 is 20.0 Å². The molecule has 0 bridgehead atoms. The Kier molecular flexibility index (Phi) is 56.1. The van der Waals surface area contributed by atoms with E-state index in [9.17, 15) is 19.4 Å². The van der Waals surface area contributed by atoms with E-state index in [0.29, 0.717) is 23.9 Å². The van der Waals surface area contributed by atoms with Crippen LogP contribution in [0.5, 0.6) is 0 Å². The highest BCUT2D eigenvalue weighted by Crippen LogP contribution is 2.43. The van der Waals surface area contributed by atoms with Gasteiger partial charge in [0.2, 0.25) is 5.91 Å². The molecule has 0 aliphatic carbocycles. The number of nitrogens with one attached hydrogen (secondary N) is 1. The van der Waals surface area contributed by atoms with Crippen LogP contribution in [0.25, 0.3) is 0 Å². The minimum Gasteiger partial charge on any atom is -0.391 e. The monoisotopic (exact) mass is 1090 g/mol. The largest absolute Gasteiger partial charge is 0.472 e. The van der Waals surface area contributed by atoms with E-state index in [1.165, 1.54) is 193 Å². The van der Waals surface area contributed by atoms with Crippen molar-refractivity contribution in [3.05, 3.63) is 72.9 Å². The molecule has 0 spiro atoms. The fourth-order valence-corrected chi connectivity index (χ4v) is 10.2. The van der Waals surface area contributed by atoms with Gasteiger partial charge in [0.05, 0.1) is 39.9 Å². The fraction of sp³-hybridized carbons (Fsp3) is 0.806. The molecule has 3 unspecified atom stereocenters. The van der Waals surface area contributed by atoms with Gasteiger partial charge in [-0.25, -0.2) is 4.57 Å². The zero-order valence-corrected chi connectivity index (χ0v) is 51.6. The number of likely N-dealkylation sites (N-methyl/N-ethyl adjacent to an activating group) is 1. The molecule has 0 aromatic rings. The van der Waals surface area contributed by atoms with Crippen LogP contribution in [0.4, 0.5) is 0 Å². The molecule has 0 rings (SSSR count). The van der Waals surface area contributed by atoms with E-state index in [1.807, 2.05) is 21.1 Å². The Labute approximate surface area is 472 Å². The molecule has 0 heterocycles. The summed E-state index contributed by atoms with van der Waals surface area (Å²) in [5, 5.41) is 14.0. The van der Waals surface area contributed by atoms with Crippen LogP contribution in [0, 0.1) is 0 Å². The van der Waals surface area contributed by atoms with Gasteiger partial charge in [0.1, 0.15) is 13.2 Å². The predicted molar refractivity (Wildman–Crippen MR) is 332 cm³/mol. The number of allylic oxidation sites excluding steroid dienone is 12. The average Bonchev–Trinajstić information content (AvgIpc) is 3.38. The SMILES string of the molecule is CC/C=C\C/C=C\C/C=C\C/C=C\C/C=C\C/C=C\CCCCCCCCCCCCCCCCCCCCCCCCC(=O)NC(COP(=O)(O)OCC[N+](C)(C)C)C(O)CCCCCCCCCCCCCCC. The van der Waals surface area contributed by atoms with Gasteiger partial charge in [0, 0.05) is 6.42 Å². The van der Waals surface area contributed by atoms with E-state index in [1.54, 1.807) is 0 Å². The summed E-state index contributed by atoms with van der Waals surface area (Å²) in [7, 11) is 1.62. The van der Waals surface area contributed by atoms with Crippen molar-refractivity contribution in [2.24, 2.45) is 0 Å². The molecule has 0 radical (unpaired) electrons. The van der Waals surface area contributed by atoms with Gasteiger partial charge in [0.15, 0.2) is 0 Å². The number of carbonyl (C=O) groups is 1. The highest BCUT2D eigenvalue weighted by atomic mass is 31.2. The smallest absolute Gasteiger partial charge is 0.391 e. The molecule has 0 aromatic carbocycles. The highest BCUT2D eigenvalue weighted by Gasteiger charge is 2.28. The minimum absolute atomic E-state index is 0.0752. The van der Waals surface area contributed by atoms with Gasteiger partial charge in [-0.05, 0) is 64.2 Å². The summed E-state index contributed by atoms with van der Waals surface area (Å²) < 4.78 is 23.8. The first-order valence-electron chi connectivity index (χ1n) is 32.3. The van der Waals surface area contributed by atoms with Gasteiger partial charge in [0.25, 0.3) is 0 Å². The first kappa shape index (κ1) is 73.9. The molecule has 0 saturated carbocycles. The van der Waals surface area contributed by atoms with Crippen LogP contribution in [0.1, 0.15) is 296 Å². The summed E-state index contributed by atoms with van der Waals surface area (Å²) in [6.07, 6.45) is 80.0. The Morgan fingerprint density at radius 1 is 0.461 bits per heavy atom. The number of unbranched alkanes of at least 4 members (excludes halogenated alkanes) is 34. The Morgan fingerprint density at radius 3 is 1.16 bits per heavy atom. The summed E-state index contributed by atoms with van der Waals surface area (Å²) in [5.74, 6) is -0.141. The molecule has 76 heavy (non-hydrogen) atoms. The van der Waals surface area contributed by atoms with Crippen molar-refractivity contribution in [1.29, 1.82) is 0 Å². The van der Waals surface area contributed by atoms with Crippen molar-refractivity contribution in [3.8, 4) is 0 Å². The lowest BCUT2D eigenvalue weighted by Crippen LogP contribution is -2.46. The zero-order chi connectivity index (χ0) is 55.6. The third-order valence-corrected chi connectivity index (χ3v) is 15.5. The Bertz CT molecular complexity index is 1470. The maximum Gasteiger partial charge on any atom is 0.472 e. The number of quaternary nitrogens is 1. The molecule has 1 amide bonds. The third kappa shape index (κ3) is 59.6. The lowest BCUT2D eigenvalue weighted by atomic mass is 10.0. The number of phosphoric ester groups is 1. The Morgan fingerprint density at radius 2 is 0.789 bits per heavy atom. The average molecular weight is 1090 g/mol. The van der Waals surface area contributed by atoms with Crippen LogP contribution >= 0.6 is 7.82 Å². The molecule has 0 aromatic heterocycles. The molecule has 9 heteroatoms. The predicted octanol–water partition coefficient (Wildman–Crippen LogP) is 20.2. The van der Waals surface area contributed by atoms with Crippen molar-refractivity contribution in [2.45, 2.75) is 309 Å². The zero-order valence-electron chi connectivity index (χ0n) is 50.7. The van der Waals surface area contributed by atoms with Crippen molar-refractivity contribution < 1.29 is 32.9 Å². The van der Waals surface area contributed by atoms with Crippen molar-refractivity contribution >= 4 is 13.7 Å². The minimum atomic E-state index is -4.32. The lowest BCUT2D eigenvalue weighted by molar-refractivity contribution is -0.870. The maximum absolute atomic E-state index is 13.0. The van der Waals surface area contributed by atoms with Crippen LogP contribution in [0.15, 0.2) is 72.9 Å². The number of phosphoric acid groups is 1. The fourth-order valence-electron chi connectivity index (χ4n) is 9.47. The maximum atomic E-state index is 13.0. The van der Waals surface area contributed by atoms with Crippen molar-refractivity contribution in [2.75, 3.05) is 40.9 Å². The number of hydrogen-bond donors (Lipinski definition) is 3. The standard InChI is InChI=1S/C67H125N2O6P/c1-6-8-10-12-14-16-18-20-21-22-23-24-25-26-27-28-29-30-31-32-33-34-35-36-37-38-39-40-41-42-43-44-45-46-47-49-51-53-55-57-59-61-67(71)68-65(64-75-76(72,73)74-63-62-69(3,4)5)66(70)60-58-56-54-52-50-48-19-17-15-13-11-9-7-2/h8,10,14,16,20-21,23-24,26-27,29-30,65-66,70H,6-7,9,11-13,15,17-19,22,25,28,31-64H2,1-5H3,(H-,68,71,72,73)/p+1/b10-8-,16-14-,21-20-,24-23-,27-26-,30-29-. The summed E-state index contributed by atoms with van der Waals surface area (Å²) in [5.41, 5.74) is 0. The Hall–Kier alpha value is -2.06. The van der Waals surface area contributed by atoms with E-state index in [-0.39, 0.29) is 19.1 Å². The number of aliphatic hydroxyl groups excluding tert-OH is 1. The van der Waals surface area contributed by atoms with Crippen LogP contribution in [0.3, 0.4) is 0 Å². The van der Waals surface area contributed by atoms with Crippen LogP contribution < -0.4 is 5.32 Å². The number of amides is 1. The molecule has 444 valence electrons. The number of nitrogens with zero attached hydrogens (tertiary/aromatic N) is 1. The van der Waals surface area contributed by atoms with Crippen LogP contribution in [0.2, 0.25) is 0 Å². The molecular formula is C67H126N2O6P+. The van der Waals surface area contributed by atoms with Crippen LogP contribution in [-0.2, 0) is 18.4 Å². The summed E-state index contributed by atoms with van der Waals surface area (Å²) >= 11 is 0. The van der Waals surface area contributed by atoms with Gasteiger partial charge in [-0.3, -0.25) is 13.8 Å². The van der Waals surface area contributed by atoms with Gasteiger partial charge < -0.3 is 19.8 Å². The van der Waals surface area contributed by atoms with Crippen molar-refractivity contribution in [1.82, 2.24) is 5.32 Å². The van der Waals surface area contributed by atoms with E-state index in [2.05, 4.69) is 92.1 Å². The molecular weight excluding hydrogens is 960 g/mol. The number of hydrogen-bond acceptors (Lipinski definition) is 5.